The number of aliphatic hydroxyl groups is 1. The van der Waals surface area contributed by atoms with Crippen LogP contribution in [0.4, 0.5) is 0 Å². The number of hydrogen-bond acceptors (Lipinski definition) is 4. The molecule has 8 heteroatoms. The fourth-order valence-electron chi connectivity index (χ4n) is 3.23. The lowest BCUT2D eigenvalue weighted by Gasteiger charge is -2.57. The standard InChI is InChI=1S/C19H30N4O3Si/c1-19(2,3)27(4,5)23-16(17(18(23)25)21-22-20)11-15(24)13-26-12-14-9-7-6-8-10-14/h6-10,15-17,24H,11-13H2,1-5H3. The van der Waals surface area contributed by atoms with Crippen LogP contribution in [0.5, 0.6) is 0 Å². The van der Waals surface area contributed by atoms with Crippen molar-refractivity contribution in [2.24, 2.45) is 5.11 Å². The van der Waals surface area contributed by atoms with Gasteiger partial charge in [-0.05, 0) is 22.6 Å². The van der Waals surface area contributed by atoms with Crippen LogP contribution in [0.25, 0.3) is 10.4 Å². The number of amides is 1. The molecule has 1 aliphatic heterocycles. The summed E-state index contributed by atoms with van der Waals surface area (Å²) >= 11 is 0. The van der Waals surface area contributed by atoms with E-state index in [0.717, 1.165) is 5.56 Å². The van der Waals surface area contributed by atoms with Crippen LogP contribution < -0.4 is 0 Å². The highest BCUT2D eigenvalue weighted by molar-refractivity contribution is 6.80. The van der Waals surface area contributed by atoms with Crippen molar-refractivity contribution in [1.82, 2.24) is 4.57 Å². The number of carbonyl (C=O) groups excluding carboxylic acids is 1. The molecule has 1 aromatic rings. The van der Waals surface area contributed by atoms with E-state index in [4.69, 9.17) is 10.3 Å². The van der Waals surface area contributed by atoms with Crippen LogP contribution in [0.15, 0.2) is 35.4 Å². The van der Waals surface area contributed by atoms with Crippen molar-refractivity contribution in [3.05, 3.63) is 46.3 Å². The van der Waals surface area contributed by atoms with E-state index < -0.39 is 20.4 Å². The second-order valence-electron chi connectivity index (χ2n) is 8.62. The van der Waals surface area contributed by atoms with Gasteiger partial charge in [0.25, 0.3) is 0 Å². The molecule has 1 fully saturated rings. The molecule has 0 radical (unpaired) electrons. The Bertz CT molecular complexity index is 699. The number of ether oxygens (including phenoxy) is 1. The molecule has 1 amide bonds. The summed E-state index contributed by atoms with van der Waals surface area (Å²) in [6, 6.07) is 8.75. The van der Waals surface area contributed by atoms with E-state index in [0.29, 0.717) is 13.0 Å². The summed E-state index contributed by atoms with van der Waals surface area (Å²) in [6.45, 7) is 11.3. The summed E-state index contributed by atoms with van der Waals surface area (Å²) in [6.07, 6.45) is -0.382. The molecule has 1 N–H and O–H groups in total. The van der Waals surface area contributed by atoms with Gasteiger partial charge in [-0.15, -0.1) is 0 Å². The smallest absolute Gasteiger partial charge is 0.226 e. The molecule has 1 aliphatic rings. The number of aliphatic hydroxyl groups excluding tert-OH is 1. The van der Waals surface area contributed by atoms with Crippen LogP contribution in [-0.4, -0.2) is 48.6 Å². The summed E-state index contributed by atoms with van der Waals surface area (Å²) in [5.74, 6) is -0.123. The summed E-state index contributed by atoms with van der Waals surface area (Å²) in [7, 11) is -2.12. The van der Waals surface area contributed by atoms with E-state index in [9.17, 15) is 9.90 Å². The van der Waals surface area contributed by atoms with Crippen molar-refractivity contribution in [2.45, 2.75) is 70.1 Å². The molecule has 0 spiro atoms. The van der Waals surface area contributed by atoms with Gasteiger partial charge in [0, 0.05) is 11.0 Å². The molecule has 0 saturated carbocycles. The van der Waals surface area contributed by atoms with Gasteiger partial charge in [0.15, 0.2) is 8.24 Å². The number of rotatable bonds is 8. The van der Waals surface area contributed by atoms with Gasteiger partial charge < -0.3 is 14.4 Å². The second kappa shape index (κ2) is 8.44. The Hall–Kier alpha value is -1.86. The van der Waals surface area contributed by atoms with E-state index >= 15 is 0 Å². The molecule has 0 aliphatic carbocycles. The lowest BCUT2D eigenvalue weighted by atomic mass is 9.94. The van der Waals surface area contributed by atoms with Crippen LogP contribution >= 0.6 is 0 Å². The molecule has 148 valence electrons. The van der Waals surface area contributed by atoms with Gasteiger partial charge in [-0.2, -0.15) is 0 Å². The zero-order valence-corrected chi connectivity index (χ0v) is 17.8. The highest BCUT2D eigenvalue weighted by Gasteiger charge is 2.57. The first-order valence-corrected chi connectivity index (χ1v) is 12.2. The minimum absolute atomic E-state index is 0.0308. The number of nitrogens with zero attached hydrogens (tertiary/aromatic N) is 4. The first-order valence-electron chi connectivity index (χ1n) is 9.26. The topological polar surface area (TPSA) is 98.5 Å². The first-order chi connectivity index (χ1) is 12.6. The number of β-lactam (4-membered cyclic amide) rings is 1. The van der Waals surface area contributed by atoms with Crippen LogP contribution in [0, 0.1) is 0 Å². The predicted molar refractivity (Wildman–Crippen MR) is 107 cm³/mol. The number of carbonyl (C=O) groups is 1. The zero-order chi connectivity index (χ0) is 20.2. The van der Waals surface area contributed by atoms with E-state index in [2.05, 4.69) is 43.9 Å². The Morgan fingerprint density at radius 3 is 2.52 bits per heavy atom. The average molecular weight is 391 g/mol. The first kappa shape index (κ1) is 21.4. The van der Waals surface area contributed by atoms with Crippen LogP contribution in [-0.2, 0) is 16.1 Å². The van der Waals surface area contributed by atoms with Gasteiger partial charge in [0.05, 0.1) is 19.3 Å². The summed E-state index contributed by atoms with van der Waals surface area (Å²) < 4.78 is 7.51. The van der Waals surface area contributed by atoms with E-state index in [-0.39, 0.29) is 23.6 Å². The minimum atomic E-state index is -2.12. The number of benzene rings is 1. The monoisotopic (exact) mass is 390 g/mol. The SMILES string of the molecule is CC(C)(C)[Si](C)(C)N1C(=O)C(N=[N+]=[N-])C1CC(O)COCc1ccccc1. The lowest BCUT2D eigenvalue weighted by molar-refractivity contribution is -0.143. The quantitative estimate of drug-likeness (QED) is 0.240. The third kappa shape index (κ3) is 4.71. The summed E-state index contributed by atoms with van der Waals surface area (Å²) in [4.78, 5) is 15.4. The van der Waals surface area contributed by atoms with E-state index in [1.54, 1.807) is 0 Å². The fourth-order valence-corrected chi connectivity index (χ4v) is 5.71. The van der Waals surface area contributed by atoms with E-state index in [1.807, 2.05) is 34.9 Å². The van der Waals surface area contributed by atoms with Crippen LogP contribution in [0.1, 0.15) is 32.8 Å². The number of azide groups is 1. The Balaban J connectivity index is 2.01. The van der Waals surface area contributed by atoms with Crippen molar-refractivity contribution in [2.75, 3.05) is 6.61 Å². The third-order valence-corrected chi connectivity index (χ3v) is 11.2. The molecule has 27 heavy (non-hydrogen) atoms. The van der Waals surface area contributed by atoms with Gasteiger partial charge in [0.1, 0.15) is 6.04 Å². The van der Waals surface area contributed by atoms with Crippen molar-refractivity contribution in [3.63, 3.8) is 0 Å². The van der Waals surface area contributed by atoms with E-state index in [1.165, 1.54) is 0 Å². The highest BCUT2D eigenvalue weighted by atomic mass is 28.3. The fraction of sp³-hybridized carbons (Fsp3) is 0.632. The minimum Gasteiger partial charge on any atom is -0.391 e. The van der Waals surface area contributed by atoms with Gasteiger partial charge in [-0.25, -0.2) is 0 Å². The molecule has 2 rings (SSSR count). The maximum Gasteiger partial charge on any atom is 0.226 e. The Labute approximate surface area is 162 Å². The normalized spacial score (nSPS) is 21.4. The molecule has 1 aromatic carbocycles. The van der Waals surface area contributed by atoms with Crippen LogP contribution in [0.3, 0.4) is 0 Å². The molecular weight excluding hydrogens is 360 g/mol. The maximum atomic E-state index is 12.6. The lowest BCUT2D eigenvalue weighted by Crippen LogP contribution is -2.75. The molecule has 1 heterocycles. The third-order valence-electron chi connectivity index (χ3n) is 5.74. The van der Waals surface area contributed by atoms with Gasteiger partial charge >= 0.3 is 0 Å². The number of hydrogen-bond donors (Lipinski definition) is 1. The molecule has 3 atom stereocenters. The zero-order valence-electron chi connectivity index (χ0n) is 16.8. The molecule has 7 nitrogen and oxygen atoms in total. The predicted octanol–water partition coefficient (Wildman–Crippen LogP) is 3.85. The van der Waals surface area contributed by atoms with Crippen molar-refractivity contribution in [1.29, 1.82) is 0 Å². The Kier molecular flexibility index (Phi) is 6.70. The van der Waals surface area contributed by atoms with Crippen molar-refractivity contribution < 1.29 is 14.6 Å². The van der Waals surface area contributed by atoms with Crippen LogP contribution in [0.2, 0.25) is 18.1 Å². The maximum absolute atomic E-state index is 12.6. The summed E-state index contributed by atoms with van der Waals surface area (Å²) in [5.41, 5.74) is 9.84. The Morgan fingerprint density at radius 2 is 1.96 bits per heavy atom. The highest BCUT2D eigenvalue weighted by Crippen LogP contribution is 2.44. The average Bonchev–Trinajstić information content (AvgIpc) is 2.59. The van der Waals surface area contributed by atoms with Gasteiger partial charge in [-0.1, -0.05) is 69.3 Å². The van der Waals surface area contributed by atoms with Crippen molar-refractivity contribution >= 4 is 14.1 Å². The second-order valence-corrected chi connectivity index (χ2v) is 13.7. The summed E-state index contributed by atoms with van der Waals surface area (Å²) in [5, 5.41) is 14.1. The molecule has 0 bridgehead atoms. The molecular formula is C19H30N4O3Si. The Morgan fingerprint density at radius 1 is 1.33 bits per heavy atom. The molecule has 3 unspecified atom stereocenters. The van der Waals surface area contributed by atoms with Gasteiger partial charge in [-0.3, -0.25) is 4.79 Å². The molecule has 0 aromatic heterocycles. The van der Waals surface area contributed by atoms with Crippen molar-refractivity contribution in [3.8, 4) is 0 Å². The van der Waals surface area contributed by atoms with Gasteiger partial charge in [0.2, 0.25) is 5.91 Å². The largest absolute Gasteiger partial charge is 0.391 e. The molecule has 1 saturated heterocycles.